The van der Waals surface area contributed by atoms with Crippen molar-refractivity contribution >= 4 is 11.8 Å². The fourth-order valence-corrected chi connectivity index (χ4v) is 1.86. The van der Waals surface area contributed by atoms with Gasteiger partial charge in [0.25, 0.3) is 0 Å². The third-order valence-electron chi connectivity index (χ3n) is 2.82. The second kappa shape index (κ2) is 6.28. The summed E-state index contributed by atoms with van der Waals surface area (Å²) in [6, 6.07) is 7.74. The van der Waals surface area contributed by atoms with Gasteiger partial charge in [-0.25, -0.2) is 4.79 Å². The number of hydrogen-bond acceptors (Lipinski definition) is 1. The number of para-hydroxylation sites is 1. The molecule has 0 fully saturated rings. The molecule has 3 heteroatoms. The van der Waals surface area contributed by atoms with Crippen molar-refractivity contribution in [2.24, 2.45) is 0 Å². The van der Waals surface area contributed by atoms with E-state index in [2.05, 4.69) is 20.8 Å². The third kappa shape index (κ3) is 3.48. The lowest BCUT2D eigenvalue weighted by molar-refractivity contribution is 0.201. The molecule has 0 atom stereocenters. The topological polar surface area (TPSA) is 40.5 Å². The Balaban J connectivity index is 3.04. The fourth-order valence-electron chi connectivity index (χ4n) is 1.86. The molecule has 0 aromatic heterocycles. The Hall–Kier alpha value is -1.51. The first-order valence-corrected chi connectivity index (χ1v) is 6.17. The van der Waals surface area contributed by atoms with E-state index in [9.17, 15) is 9.90 Å². The molecular weight excluding hydrogens is 214 g/mol. The van der Waals surface area contributed by atoms with E-state index in [0.29, 0.717) is 12.5 Å². The van der Waals surface area contributed by atoms with Crippen LogP contribution in [0.25, 0.3) is 0 Å². The zero-order valence-electron chi connectivity index (χ0n) is 10.8. The van der Waals surface area contributed by atoms with E-state index in [0.717, 1.165) is 24.1 Å². The average molecular weight is 235 g/mol. The van der Waals surface area contributed by atoms with Crippen LogP contribution >= 0.6 is 0 Å². The number of nitrogens with zero attached hydrogens (tertiary/aromatic N) is 1. The van der Waals surface area contributed by atoms with Crippen molar-refractivity contribution in [1.29, 1.82) is 0 Å². The van der Waals surface area contributed by atoms with Crippen LogP contribution in [0.3, 0.4) is 0 Å². The van der Waals surface area contributed by atoms with Gasteiger partial charge in [0.05, 0.1) is 5.69 Å². The van der Waals surface area contributed by atoms with E-state index in [4.69, 9.17) is 0 Å². The quantitative estimate of drug-likeness (QED) is 0.834. The standard InChI is InChI=1S/C14H21NO2/c1-4-5-10-15(14(16)17)13-9-7-6-8-12(13)11(2)3/h6-9,11H,4-5,10H2,1-3H3,(H,16,17). The Labute approximate surface area is 103 Å². The van der Waals surface area contributed by atoms with Gasteiger partial charge >= 0.3 is 6.09 Å². The highest BCUT2D eigenvalue weighted by Gasteiger charge is 2.17. The fraction of sp³-hybridized carbons (Fsp3) is 0.500. The summed E-state index contributed by atoms with van der Waals surface area (Å²) in [5.41, 5.74) is 1.91. The average Bonchev–Trinajstić information content (AvgIpc) is 2.29. The highest BCUT2D eigenvalue weighted by Crippen LogP contribution is 2.27. The smallest absolute Gasteiger partial charge is 0.411 e. The van der Waals surface area contributed by atoms with E-state index in [1.807, 2.05) is 24.3 Å². The van der Waals surface area contributed by atoms with Gasteiger partial charge in [-0.15, -0.1) is 0 Å². The molecule has 1 aromatic rings. The van der Waals surface area contributed by atoms with Gasteiger partial charge in [-0.1, -0.05) is 45.4 Å². The normalized spacial score (nSPS) is 10.6. The lowest BCUT2D eigenvalue weighted by Crippen LogP contribution is -2.31. The molecule has 17 heavy (non-hydrogen) atoms. The van der Waals surface area contributed by atoms with Crippen LogP contribution in [-0.2, 0) is 0 Å². The number of anilines is 1. The molecule has 0 unspecified atom stereocenters. The molecule has 0 spiro atoms. The van der Waals surface area contributed by atoms with E-state index in [1.54, 1.807) is 0 Å². The number of benzene rings is 1. The largest absolute Gasteiger partial charge is 0.465 e. The maximum Gasteiger partial charge on any atom is 0.411 e. The van der Waals surface area contributed by atoms with Gasteiger partial charge in [0, 0.05) is 6.54 Å². The molecule has 0 aliphatic rings. The lowest BCUT2D eigenvalue weighted by Gasteiger charge is -2.23. The maximum atomic E-state index is 11.3. The van der Waals surface area contributed by atoms with Crippen LogP contribution in [0.2, 0.25) is 0 Å². The minimum absolute atomic E-state index is 0.328. The van der Waals surface area contributed by atoms with E-state index < -0.39 is 6.09 Å². The zero-order chi connectivity index (χ0) is 12.8. The van der Waals surface area contributed by atoms with Crippen molar-refractivity contribution < 1.29 is 9.90 Å². The number of carboxylic acid groups (broad SMARTS) is 1. The van der Waals surface area contributed by atoms with Gasteiger partial charge in [-0.3, -0.25) is 4.90 Å². The summed E-state index contributed by atoms with van der Waals surface area (Å²) >= 11 is 0. The zero-order valence-corrected chi connectivity index (χ0v) is 10.8. The Morgan fingerprint density at radius 3 is 2.53 bits per heavy atom. The molecule has 1 rings (SSSR count). The van der Waals surface area contributed by atoms with Gasteiger partial charge < -0.3 is 5.11 Å². The van der Waals surface area contributed by atoms with E-state index in [-0.39, 0.29) is 0 Å². The van der Waals surface area contributed by atoms with Crippen molar-refractivity contribution in [3.8, 4) is 0 Å². The molecule has 94 valence electrons. The summed E-state index contributed by atoms with van der Waals surface area (Å²) in [7, 11) is 0. The highest BCUT2D eigenvalue weighted by atomic mass is 16.4. The summed E-state index contributed by atoms with van der Waals surface area (Å²) in [6.45, 7) is 6.79. The van der Waals surface area contributed by atoms with Gasteiger partial charge in [0.2, 0.25) is 0 Å². The molecule has 1 amide bonds. The first-order chi connectivity index (χ1) is 8.07. The molecule has 0 bridgehead atoms. The lowest BCUT2D eigenvalue weighted by atomic mass is 10.0. The monoisotopic (exact) mass is 235 g/mol. The van der Waals surface area contributed by atoms with E-state index >= 15 is 0 Å². The summed E-state index contributed by atoms with van der Waals surface area (Å²) in [6.07, 6.45) is 1.01. The number of rotatable bonds is 5. The van der Waals surface area contributed by atoms with Crippen LogP contribution in [-0.4, -0.2) is 17.7 Å². The second-order valence-electron chi connectivity index (χ2n) is 4.50. The number of unbranched alkanes of at least 4 members (excludes halogenated alkanes) is 1. The molecular formula is C14H21NO2. The van der Waals surface area contributed by atoms with Crippen molar-refractivity contribution in [2.75, 3.05) is 11.4 Å². The molecule has 0 saturated carbocycles. The minimum atomic E-state index is -0.869. The van der Waals surface area contributed by atoms with Crippen LogP contribution in [0.4, 0.5) is 10.5 Å². The Kier molecular flexibility index (Phi) is 5.01. The Morgan fingerprint density at radius 2 is 2.00 bits per heavy atom. The number of amides is 1. The van der Waals surface area contributed by atoms with Gasteiger partial charge in [-0.05, 0) is 24.0 Å². The van der Waals surface area contributed by atoms with Crippen LogP contribution in [0, 0.1) is 0 Å². The van der Waals surface area contributed by atoms with Crippen molar-refractivity contribution in [3.63, 3.8) is 0 Å². The molecule has 1 N–H and O–H groups in total. The van der Waals surface area contributed by atoms with Crippen molar-refractivity contribution in [2.45, 2.75) is 39.5 Å². The van der Waals surface area contributed by atoms with Crippen molar-refractivity contribution in [1.82, 2.24) is 0 Å². The Bertz CT molecular complexity index is 374. The molecule has 0 heterocycles. The third-order valence-corrected chi connectivity index (χ3v) is 2.82. The SMILES string of the molecule is CCCCN(C(=O)O)c1ccccc1C(C)C. The first-order valence-electron chi connectivity index (χ1n) is 6.17. The molecule has 0 aliphatic carbocycles. The molecule has 0 radical (unpaired) electrons. The van der Waals surface area contributed by atoms with Crippen molar-refractivity contribution in [3.05, 3.63) is 29.8 Å². The molecule has 1 aromatic carbocycles. The van der Waals surface area contributed by atoms with Gasteiger partial charge in [0.15, 0.2) is 0 Å². The predicted octanol–water partition coefficient (Wildman–Crippen LogP) is 4.09. The summed E-state index contributed by atoms with van der Waals surface area (Å²) in [5, 5.41) is 9.29. The molecule has 0 saturated heterocycles. The Morgan fingerprint density at radius 1 is 1.35 bits per heavy atom. The number of carbonyl (C=O) groups is 1. The summed E-state index contributed by atoms with van der Waals surface area (Å²) < 4.78 is 0. The second-order valence-corrected chi connectivity index (χ2v) is 4.50. The summed E-state index contributed by atoms with van der Waals surface area (Å²) in [5.74, 6) is 0.328. The van der Waals surface area contributed by atoms with Gasteiger partial charge in [-0.2, -0.15) is 0 Å². The number of hydrogen-bond donors (Lipinski definition) is 1. The van der Waals surface area contributed by atoms with Crippen LogP contribution in [0.1, 0.15) is 45.1 Å². The minimum Gasteiger partial charge on any atom is -0.465 e. The molecule has 3 nitrogen and oxygen atoms in total. The van der Waals surface area contributed by atoms with E-state index in [1.165, 1.54) is 4.90 Å². The van der Waals surface area contributed by atoms with Crippen LogP contribution < -0.4 is 4.90 Å². The highest BCUT2D eigenvalue weighted by molar-refractivity contribution is 5.87. The van der Waals surface area contributed by atoms with Gasteiger partial charge in [0.1, 0.15) is 0 Å². The van der Waals surface area contributed by atoms with Crippen LogP contribution in [0.15, 0.2) is 24.3 Å². The first kappa shape index (κ1) is 13.6. The maximum absolute atomic E-state index is 11.3. The molecule has 0 aliphatic heterocycles. The van der Waals surface area contributed by atoms with Crippen LogP contribution in [0.5, 0.6) is 0 Å². The predicted molar refractivity (Wildman–Crippen MR) is 70.8 cm³/mol. The summed E-state index contributed by atoms with van der Waals surface area (Å²) in [4.78, 5) is 12.8.